The van der Waals surface area contributed by atoms with Gasteiger partial charge < -0.3 is 10.1 Å². The van der Waals surface area contributed by atoms with Gasteiger partial charge in [0.2, 0.25) is 0 Å². The largest absolute Gasteiger partial charge is 0.481 e. The van der Waals surface area contributed by atoms with Crippen molar-refractivity contribution in [3.63, 3.8) is 0 Å². The van der Waals surface area contributed by atoms with Gasteiger partial charge in [-0.05, 0) is 42.0 Å². The van der Waals surface area contributed by atoms with Gasteiger partial charge in [-0.1, -0.05) is 70.2 Å². The molecule has 2 rings (SSSR count). The van der Waals surface area contributed by atoms with Gasteiger partial charge in [0, 0.05) is 0 Å². The molecule has 0 unspecified atom stereocenters. The molecular formula is C22H29NO2. The van der Waals surface area contributed by atoms with Crippen LogP contribution < -0.4 is 10.1 Å². The molecule has 134 valence electrons. The number of benzene rings is 2. The van der Waals surface area contributed by atoms with Crippen LogP contribution in [-0.4, -0.2) is 12.0 Å². The van der Waals surface area contributed by atoms with E-state index in [4.69, 9.17) is 4.74 Å². The summed E-state index contributed by atoms with van der Waals surface area (Å²) in [4.78, 5) is 12.5. The summed E-state index contributed by atoms with van der Waals surface area (Å²) in [7, 11) is 0. The van der Waals surface area contributed by atoms with E-state index in [9.17, 15) is 4.79 Å². The van der Waals surface area contributed by atoms with Gasteiger partial charge in [-0.25, -0.2) is 0 Å². The molecule has 1 N–H and O–H groups in total. The van der Waals surface area contributed by atoms with Crippen LogP contribution in [0, 0.1) is 0 Å². The normalized spacial score (nSPS) is 13.8. The summed E-state index contributed by atoms with van der Waals surface area (Å²) >= 11 is 0. The first-order chi connectivity index (χ1) is 11.8. The molecule has 0 heterocycles. The maximum absolute atomic E-state index is 12.5. The Kier molecular flexibility index (Phi) is 6.24. The van der Waals surface area contributed by atoms with Gasteiger partial charge in [-0.2, -0.15) is 0 Å². The molecule has 0 spiro atoms. The highest BCUT2D eigenvalue weighted by molar-refractivity contribution is 5.81. The average molecular weight is 339 g/mol. The van der Waals surface area contributed by atoms with Crippen LogP contribution in [-0.2, 0) is 10.2 Å². The lowest BCUT2D eigenvalue weighted by molar-refractivity contribution is -0.128. The summed E-state index contributed by atoms with van der Waals surface area (Å²) in [6, 6.07) is 18.0. The van der Waals surface area contributed by atoms with Gasteiger partial charge in [0.25, 0.3) is 5.91 Å². The quantitative estimate of drug-likeness (QED) is 0.802. The predicted molar refractivity (Wildman–Crippen MR) is 103 cm³/mol. The number of hydrogen-bond acceptors (Lipinski definition) is 2. The second kappa shape index (κ2) is 8.19. The Labute approximate surface area is 151 Å². The van der Waals surface area contributed by atoms with Crippen LogP contribution in [0.2, 0.25) is 0 Å². The molecule has 2 aromatic carbocycles. The van der Waals surface area contributed by atoms with Crippen molar-refractivity contribution in [3.05, 3.63) is 65.7 Å². The maximum Gasteiger partial charge on any atom is 0.261 e. The fourth-order valence-electron chi connectivity index (χ4n) is 2.69. The molecule has 0 radical (unpaired) electrons. The van der Waals surface area contributed by atoms with E-state index in [0.29, 0.717) is 5.75 Å². The van der Waals surface area contributed by atoms with E-state index in [1.54, 1.807) is 6.92 Å². The molecule has 2 atom stereocenters. The van der Waals surface area contributed by atoms with E-state index in [1.807, 2.05) is 42.5 Å². The second-order valence-corrected chi connectivity index (χ2v) is 7.41. The Morgan fingerprint density at radius 1 is 1.04 bits per heavy atom. The third kappa shape index (κ3) is 5.35. The van der Waals surface area contributed by atoms with Crippen molar-refractivity contribution in [1.29, 1.82) is 0 Å². The highest BCUT2D eigenvalue weighted by Gasteiger charge is 2.20. The Bertz CT molecular complexity index is 671. The minimum absolute atomic E-state index is 0.00279. The van der Waals surface area contributed by atoms with Gasteiger partial charge in [0.1, 0.15) is 5.75 Å². The number of ether oxygens (including phenoxy) is 1. The third-order valence-corrected chi connectivity index (χ3v) is 4.33. The molecule has 0 aromatic heterocycles. The highest BCUT2D eigenvalue weighted by Crippen LogP contribution is 2.25. The average Bonchev–Trinajstić information content (AvgIpc) is 2.59. The second-order valence-electron chi connectivity index (χ2n) is 7.41. The smallest absolute Gasteiger partial charge is 0.261 e. The molecular weight excluding hydrogens is 310 g/mol. The van der Waals surface area contributed by atoms with Gasteiger partial charge in [0.05, 0.1) is 6.04 Å². The Morgan fingerprint density at radius 2 is 1.64 bits per heavy atom. The Hall–Kier alpha value is -2.29. The lowest BCUT2D eigenvalue weighted by Crippen LogP contribution is -2.38. The summed E-state index contributed by atoms with van der Waals surface area (Å²) in [6.07, 6.45) is 0.293. The van der Waals surface area contributed by atoms with Crippen molar-refractivity contribution >= 4 is 5.91 Å². The first-order valence-electron chi connectivity index (χ1n) is 8.93. The molecule has 3 nitrogen and oxygen atoms in total. The molecule has 3 heteroatoms. The molecule has 0 aliphatic rings. The molecule has 0 saturated heterocycles. The molecule has 0 saturated carbocycles. The minimum atomic E-state index is -0.543. The summed E-state index contributed by atoms with van der Waals surface area (Å²) in [5, 5.41) is 3.07. The van der Waals surface area contributed by atoms with Gasteiger partial charge in [-0.15, -0.1) is 0 Å². The fourth-order valence-corrected chi connectivity index (χ4v) is 2.69. The number of carbonyl (C=O) groups is 1. The number of amides is 1. The van der Waals surface area contributed by atoms with E-state index in [0.717, 1.165) is 12.0 Å². The van der Waals surface area contributed by atoms with E-state index >= 15 is 0 Å². The van der Waals surface area contributed by atoms with E-state index in [1.165, 1.54) is 5.56 Å². The van der Waals surface area contributed by atoms with Crippen LogP contribution in [0.15, 0.2) is 54.6 Å². The standard InChI is InChI=1S/C22H29NO2/c1-6-20(17-10-8-7-9-11-17)23-21(24)16(2)25-19-14-12-18(13-15-19)22(3,4)5/h7-16,20H,6H2,1-5H3,(H,23,24)/t16-,20+/m1/s1. The molecule has 2 aromatic rings. The van der Waals surface area contributed by atoms with Crippen molar-refractivity contribution in [2.24, 2.45) is 0 Å². The van der Waals surface area contributed by atoms with E-state index in [-0.39, 0.29) is 17.4 Å². The van der Waals surface area contributed by atoms with Gasteiger partial charge in [0.15, 0.2) is 6.10 Å². The fraction of sp³-hybridized carbons (Fsp3) is 0.409. The van der Waals surface area contributed by atoms with E-state index < -0.39 is 6.10 Å². The third-order valence-electron chi connectivity index (χ3n) is 4.33. The van der Waals surface area contributed by atoms with Gasteiger partial charge in [-0.3, -0.25) is 4.79 Å². The van der Waals surface area contributed by atoms with E-state index in [2.05, 4.69) is 45.1 Å². The van der Waals surface area contributed by atoms with Crippen molar-refractivity contribution in [1.82, 2.24) is 5.32 Å². The zero-order valence-corrected chi connectivity index (χ0v) is 15.9. The van der Waals surface area contributed by atoms with Crippen LogP contribution in [0.1, 0.15) is 58.2 Å². The molecule has 25 heavy (non-hydrogen) atoms. The first kappa shape index (κ1) is 19.0. The lowest BCUT2D eigenvalue weighted by Gasteiger charge is -2.22. The molecule has 0 aliphatic heterocycles. The summed E-state index contributed by atoms with van der Waals surface area (Å²) in [5.74, 6) is 0.610. The number of hydrogen-bond donors (Lipinski definition) is 1. The molecule has 0 bridgehead atoms. The lowest BCUT2D eigenvalue weighted by atomic mass is 9.87. The zero-order chi connectivity index (χ0) is 18.4. The summed E-state index contributed by atoms with van der Waals surface area (Å²) in [6.45, 7) is 10.4. The van der Waals surface area contributed by atoms with Crippen molar-refractivity contribution in [3.8, 4) is 5.75 Å². The van der Waals surface area contributed by atoms with Crippen LogP contribution in [0.4, 0.5) is 0 Å². The van der Waals surface area contributed by atoms with Crippen LogP contribution in [0.3, 0.4) is 0 Å². The van der Waals surface area contributed by atoms with Gasteiger partial charge >= 0.3 is 0 Å². The molecule has 0 fully saturated rings. The predicted octanol–water partition coefficient (Wildman–Crippen LogP) is 5.02. The molecule has 0 aliphatic carbocycles. The first-order valence-corrected chi connectivity index (χ1v) is 8.93. The van der Waals surface area contributed by atoms with Crippen LogP contribution in [0.5, 0.6) is 5.75 Å². The van der Waals surface area contributed by atoms with Crippen LogP contribution in [0.25, 0.3) is 0 Å². The topological polar surface area (TPSA) is 38.3 Å². The summed E-state index contributed by atoms with van der Waals surface area (Å²) in [5.41, 5.74) is 2.46. The highest BCUT2D eigenvalue weighted by atomic mass is 16.5. The monoisotopic (exact) mass is 339 g/mol. The Balaban J connectivity index is 1.98. The summed E-state index contributed by atoms with van der Waals surface area (Å²) < 4.78 is 5.81. The Morgan fingerprint density at radius 3 is 2.16 bits per heavy atom. The number of nitrogens with one attached hydrogen (secondary N) is 1. The SMILES string of the molecule is CC[C@H](NC(=O)[C@@H](C)Oc1ccc(C(C)(C)C)cc1)c1ccccc1. The number of rotatable bonds is 6. The molecule has 1 amide bonds. The van der Waals surface area contributed by atoms with Crippen molar-refractivity contribution in [2.45, 2.75) is 58.6 Å². The number of carbonyl (C=O) groups excluding carboxylic acids is 1. The van der Waals surface area contributed by atoms with Crippen LogP contribution >= 0.6 is 0 Å². The van der Waals surface area contributed by atoms with Crippen molar-refractivity contribution < 1.29 is 9.53 Å². The maximum atomic E-state index is 12.5. The zero-order valence-electron chi connectivity index (χ0n) is 15.9. The minimum Gasteiger partial charge on any atom is -0.481 e. The van der Waals surface area contributed by atoms with Crippen molar-refractivity contribution in [2.75, 3.05) is 0 Å².